The van der Waals surface area contributed by atoms with E-state index in [1.165, 1.54) is 0 Å². The van der Waals surface area contributed by atoms with Gasteiger partial charge in [-0.05, 0) is 13.3 Å². The number of hydrogen-bond acceptors (Lipinski definition) is 5. The van der Waals surface area contributed by atoms with E-state index < -0.39 is 0 Å². The van der Waals surface area contributed by atoms with Gasteiger partial charge in [0.25, 0.3) is 0 Å². The zero-order valence-electron chi connectivity index (χ0n) is 12.7. The van der Waals surface area contributed by atoms with Crippen LogP contribution in [0.1, 0.15) is 39.9 Å². The molecule has 1 heterocycles. The summed E-state index contributed by atoms with van der Waals surface area (Å²) in [5.41, 5.74) is -0.0853. The molecule has 1 aromatic rings. The number of nitrogens with zero attached hydrogens (tertiary/aromatic N) is 3. The Hall–Kier alpha value is -1.36. The molecule has 2 N–H and O–H groups in total. The van der Waals surface area contributed by atoms with Crippen molar-refractivity contribution < 1.29 is 5.11 Å². The van der Waals surface area contributed by atoms with Crippen molar-refractivity contribution in [1.82, 2.24) is 9.97 Å². The van der Waals surface area contributed by atoms with Gasteiger partial charge in [0.1, 0.15) is 17.5 Å². The Balaban J connectivity index is 3.11. The van der Waals surface area contributed by atoms with Crippen LogP contribution in [0.15, 0.2) is 6.07 Å². The molecule has 0 aliphatic rings. The minimum Gasteiger partial charge on any atom is -0.396 e. The van der Waals surface area contributed by atoms with Crippen LogP contribution < -0.4 is 10.2 Å². The van der Waals surface area contributed by atoms with Gasteiger partial charge in [0, 0.05) is 38.2 Å². The lowest BCUT2D eigenvalue weighted by Crippen LogP contribution is -2.27. The lowest BCUT2D eigenvalue weighted by Gasteiger charge is -2.25. The molecule has 0 atom stereocenters. The molecule has 0 unspecified atom stereocenters. The molecule has 0 amide bonds. The van der Waals surface area contributed by atoms with Crippen LogP contribution in [0.3, 0.4) is 0 Å². The summed E-state index contributed by atoms with van der Waals surface area (Å²) in [6.45, 7) is 10.3. The first-order valence-corrected chi connectivity index (χ1v) is 6.85. The highest BCUT2D eigenvalue weighted by atomic mass is 16.3. The second kappa shape index (κ2) is 6.70. The molecular formula is C14H26N4O. The zero-order chi connectivity index (χ0) is 14.5. The van der Waals surface area contributed by atoms with Gasteiger partial charge in [-0.3, -0.25) is 0 Å². The van der Waals surface area contributed by atoms with Crippen molar-refractivity contribution in [2.75, 3.05) is 37.0 Å². The Morgan fingerprint density at radius 3 is 2.47 bits per heavy atom. The summed E-state index contributed by atoms with van der Waals surface area (Å²) in [5.74, 6) is 2.58. The number of aliphatic hydroxyl groups excluding tert-OH is 1. The van der Waals surface area contributed by atoms with Gasteiger partial charge in [-0.25, -0.2) is 9.97 Å². The lowest BCUT2D eigenvalue weighted by molar-refractivity contribution is 0.289. The number of rotatable bonds is 6. The standard InChI is InChI=1S/C14H26N4O/c1-6-18(8-7-9-19)12-10-11(15-5)16-13(17-12)14(2,3)4/h10,19H,6-9H2,1-5H3,(H,15,16,17). The molecule has 0 aliphatic carbocycles. The fraction of sp³-hybridized carbons (Fsp3) is 0.714. The normalized spacial score (nSPS) is 11.5. The van der Waals surface area contributed by atoms with E-state index in [4.69, 9.17) is 5.11 Å². The van der Waals surface area contributed by atoms with Crippen LogP contribution in [-0.4, -0.2) is 41.8 Å². The molecular weight excluding hydrogens is 240 g/mol. The van der Waals surface area contributed by atoms with Crippen molar-refractivity contribution >= 4 is 11.6 Å². The fourth-order valence-electron chi connectivity index (χ4n) is 1.76. The quantitative estimate of drug-likeness (QED) is 0.825. The molecule has 108 valence electrons. The summed E-state index contributed by atoms with van der Waals surface area (Å²) < 4.78 is 0. The maximum Gasteiger partial charge on any atom is 0.138 e. The van der Waals surface area contributed by atoms with E-state index in [9.17, 15) is 0 Å². The van der Waals surface area contributed by atoms with Crippen molar-refractivity contribution in [3.8, 4) is 0 Å². The topological polar surface area (TPSA) is 61.3 Å². The summed E-state index contributed by atoms with van der Waals surface area (Å²) >= 11 is 0. The molecule has 0 aromatic carbocycles. The average molecular weight is 266 g/mol. The zero-order valence-corrected chi connectivity index (χ0v) is 12.7. The molecule has 1 aromatic heterocycles. The van der Waals surface area contributed by atoms with Crippen LogP contribution in [0.4, 0.5) is 11.6 Å². The minimum atomic E-state index is -0.0853. The van der Waals surface area contributed by atoms with Gasteiger partial charge in [-0.2, -0.15) is 0 Å². The molecule has 0 fully saturated rings. The van der Waals surface area contributed by atoms with Crippen molar-refractivity contribution in [1.29, 1.82) is 0 Å². The Morgan fingerprint density at radius 1 is 1.32 bits per heavy atom. The predicted molar refractivity (Wildman–Crippen MR) is 79.9 cm³/mol. The molecule has 0 saturated heterocycles. The van der Waals surface area contributed by atoms with Gasteiger partial charge in [0.2, 0.25) is 0 Å². The van der Waals surface area contributed by atoms with Gasteiger partial charge in [-0.1, -0.05) is 20.8 Å². The molecule has 0 spiro atoms. The largest absolute Gasteiger partial charge is 0.396 e. The van der Waals surface area contributed by atoms with E-state index in [0.29, 0.717) is 0 Å². The van der Waals surface area contributed by atoms with Crippen molar-refractivity contribution in [2.24, 2.45) is 0 Å². The number of aromatic nitrogens is 2. The Morgan fingerprint density at radius 2 is 2.00 bits per heavy atom. The monoisotopic (exact) mass is 266 g/mol. The fourth-order valence-corrected chi connectivity index (χ4v) is 1.76. The first-order chi connectivity index (χ1) is 8.92. The highest BCUT2D eigenvalue weighted by Gasteiger charge is 2.20. The molecule has 19 heavy (non-hydrogen) atoms. The maximum absolute atomic E-state index is 8.97. The number of anilines is 2. The Bertz CT molecular complexity index is 401. The van der Waals surface area contributed by atoms with Gasteiger partial charge in [0.15, 0.2) is 0 Å². The third-order valence-electron chi connectivity index (χ3n) is 2.93. The second-order valence-corrected chi connectivity index (χ2v) is 5.59. The van der Waals surface area contributed by atoms with E-state index in [2.05, 4.69) is 47.9 Å². The van der Waals surface area contributed by atoms with Crippen molar-refractivity contribution in [2.45, 2.75) is 39.5 Å². The summed E-state index contributed by atoms with van der Waals surface area (Å²) in [7, 11) is 1.86. The lowest BCUT2D eigenvalue weighted by atomic mass is 9.96. The average Bonchev–Trinajstić information content (AvgIpc) is 2.38. The van der Waals surface area contributed by atoms with E-state index in [0.717, 1.165) is 37.0 Å². The highest BCUT2D eigenvalue weighted by Crippen LogP contribution is 2.24. The molecule has 5 heteroatoms. The molecule has 0 saturated carbocycles. The SMILES string of the molecule is CCN(CCCO)c1cc(NC)nc(C(C)(C)C)n1. The number of aliphatic hydroxyl groups is 1. The van der Waals surface area contributed by atoms with Crippen LogP contribution in [0.2, 0.25) is 0 Å². The van der Waals surface area contributed by atoms with E-state index in [-0.39, 0.29) is 12.0 Å². The number of nitrogens with one attached hydrogen (secondary N) is 1. The highest BCUT2D eigenvalue weighted by molar-refractivity contribution is 5.49. The van der Waals surface area contributed by atoms with Gasteiger partial charge < -0.3 is 15.3 Å². The first-order valence-electron chi connectivity index (χ1n) is 6.85. The third-order valence-corrected chi connectivity index (χ3v) is 2.93. The minimum absolute atomic E-state index is 0.0853. The van der Waals surface area contributed by atoms with Crippen LogP contribution in [-0.2, 0) is 5.41 Å². The molecule has 0 aliphatic heterocycles. The summed E-state index contributed by atoms with van der Waals surface area (Å²) in [4.78, 5) is 11.4. The predicted octanol–water partition coefficient (Wildman–Crippen LogP) is 2.02. The van der Waals surface area contributed by atoms with Gasteiger partial charge >= 0.3 is 0 Å². The molecule has 1 rings (SSSR count). The summed E-state index contributed by atoms with van der Waals surface area (Å²) in [5, 5.41) is 12.1. The second-order valence-electron chi connectivity index (χ2n) is 5.59. The van der Waals surface area contributed by atoms with Crippen LogP contribution >= 0.6 is 0 Å². The third kappa shape index (κ3) is 4.35. The summed E-state index contributed by atoms with van der Waals surface area (Å²) in [6.07, 6.45) is 0.748. The van der Waals surface area contributed by atoms with Crippen LogP contribution in [0, 0.1) is 0 Å². The van der Waals surface area contributed by atoms with Crippen LogP contribution in [0.5, 0.6) is 0 Å². The molecule has 0 bridgehead atoms. The molecule has 0 radical (unpaired) electrons. The van der Waals surface area contributed by atoms with Gasteiger partial charge in [-0.15, -0.1) is 0 Å². The van der Waals surface area contributed by atoms with Crippen molar-refractivity contribution in [3.63, 3.8) is 0 Å². The van der Waals surface area contributed by atoms with E-state index >= 15 is 0 Å². The first kappa shape index (κ1) is 15.7. The smallest absolute Gasteiger partial charge is 0.138 e. The molecule has 5 nitrogen and oxygen atoms in total. The van der Waals surface area contributed by atoms with E-state index in [1.807, 2.05) is 13.1 Å². The van der Waals surface area contributed by atoms with Crippen molar-refractivity contribution in [3.05, 3.63) is 11.9 Å². The Labute approximate surface area is 116 Å². The Kier molecular flexibility index (Phi) is 5.54. The summed E-state index contributed by atoms with van der Waals surface area (Å²) in [6, 6.07) is 1.95. The van der Waals surface area contributed by atoms with Crippen LogP contribution in [0.25, 0.3) is 0 Å². The maximum atomic E-state index is 8.97. The van der Waals surface area contributed by atoms with E-state index in [1.54, 1.807) is 0 Å². The number of hydrogen-bond donors (Lipinski definition) is 2. The van der Waals surface area contributed by atoms with Gasteiger partial charge in [0.05, 0.1) is 0 Å².